The van der Waals surface area contributed by atoms with E-state index in [0.29, 0.717) is 0 Å². The lowest BCUT2D eigenvalue weighted by Crippen LogP contribution is -2.54. The second kappa shape index (κ2) is 8.35. The Kier molecular flexibility index (Phi) is 6.26. The summed E-state index contributed by atoms with van der Waals surface area (Å²) in [7, 11) is -3.62. The van der Waals surface area contributed by atoms with E-state index in [2.05, 4.69) is 4.90 Å². The zero-order valence-electron chi connectivity index (χ0n) is 16.9. The second-order valence-electron chi connectivity index (χ2n) is 7.73. The van der Waals surface area contributed by atoms with Crippen LogP contribution < -0.4 is 0 Å². The topological polar surface area (TPSA) is 106 Å². The number of fused-ring (bicyclic) bond motifs is 4. The zero-order chi connectivity index (χ0) is 23.9. The molecular weight excluding hydrogens is 460 g/mol. The molecule has 0 saturated carbocycles. The molecule has 3 fully saturated rings. The molecule has 5 rings (SSSR count). The maximum Gasteiger partial charge on any atom is 0.490 e. The van der Waals surface area contributed by atoms with E-state index in [9.17, 15) is 30.8 Å². The number of ether oxygens (including phenoxy) is 1. The van der Waals surface area contributed by atoms with Crippen LogP contribution in [0.4, 0.5) is 17.6 Å². The van der Waals surface area contributed by atoms with Gasteiger partial charge >= 0.3 is 18.1 Å². The summed E-state index contributed by atoms with van der Waals surface area (Å²) < 4.78 is 76.2. The number of rotatable bonds is 3. The molecule has 176 valence electrons. The molecule has 1 N–H and O–H groups in total. The molecule has 0 spiro atoms. The van der Waals surface area contributed by atoms with Crippen molar-refractivity contribution in [3.63, 3.8) is 0 Å². The van der Waals surface area contributed by atoms with Crippen LogP contribution in [0.25, 0.3) is 10.9 Å². The number of esters is 1. The Labute approximate surface area is 180 Å². The lowest BCUT2D eigenvalue weighted by atomic mass is 9.83. The third kappa shape index (κ3) is 5.04. The largest absolute Gasteiger partial charge is 0.490 e. The van der Waals surface area contributed by atoms with Gasteiger partial charge in [0.15, 0.2) is 0 Å². The molecular formula is C19H20F4N2O6S. The van der Waals surface area contributed by atoms with E-state index in [0.717, 1.165) is 49.1 Å². The van der Waals surface area contributed by atoms with Gasteiger partial charge in [-0.3, -0.25) is 0 Å². The average Bonchev–Trinajstić information content (AvgIpc) is 3.08. The molecule has 2 aromatic rings. The van der Waals surface area contributed by atoms with Gasteiger partial charge in [0, 0.05) is 50.5 Å². The minimum Gasteiger partial charge on any atom is -0.475 e. The van der Waals surface area contributed by atoms with Crippen molar-refractivity contribution in [1.29, 1.82) is 0 Å². The first kappa shape index (κ1) is 24.0. The fraction of sp³-hybridized carbons (Fsp3) is 0.474. The lowest BCUT2D eigenvalue weighted by Gasteiger charge is -2.47. The highest BCUT2D eigenvalue weighted by atomic mass is 32.2. The summed E-state index contributed by atoms with van der Waals surface area (Å²) in [5.74, 6) is -3.88. The summed E-state index contributed by atoms with van der Waals surface area (Å²) in [4.78, 5) is 24.0. The summed E-state index contributed by atoms with van der Waals surface area (Å²) >= 11 is 0. The van der Waals surface area contributed by atoms with Crippen LogP contribution in [-0.2, 0) is 19.6 Å². The molecule has 0 unspecified atom stereocenters. The van der Waals surface area contributed by atoms with Gasteiger partial charge in [0.1, 0.15) is 11.4 Å². The van der Waals surface area contributed by atoms with Gasteiger partial charge in [-0.1, -0.05) is 0 Å². The van der Waals surface area contributed by atoms with Crippen molar-refractivity contribution in [3.8, 4) is 0 Å². The molecule has 3 saturated heterocycles. The Hall–Kier alpha value is -2.67. The second-order valence-corrected chi connectivity index (χ2v) is 9.59. The summed E-state index contributed by atoms with van der Waals surface area (Å²) in [6.07, 6.45) is -0.482. The highest BCUT2D eigenvalue weighted by Gasteiger charge is 2.43. The first-order valence-electron chi connectivity index (χ1n) is 9.49. The Bertz CT molecular complexity index is 1140. The molecule has 1 aromatic heterocycles. The molecule has 0 amide bonds. The predicted molar refractivity (Wildman–Crippen MR) is 104 cm³/mol. The molecule has 13 heteroatoms. The highest BCUT2D eigenvalue weighted by Crippen LogP contribution is 2.36. The molecule has 3 aliphatic rings. The third-order valence-electron chi connectivity index (χ3n) is 5.51. The first-order valence-corrected chi connectivity index (χ1v) is 11.3. The number of benzene rings is 1. The molecule has 0 atom stereocenters. The van der Waals surface area contributed by atoms with Crippen LogP contribution in [0.3, 0.4) is 0 Å². The van der Waals surface area contributed by atoms with E-state index in [-0.39, 0.29) is 16.5 Å². The number of hydrogen-bond donors (Lipinski definition) is 1. The van der Waals surface area contributed by atoms with E-state index in [1.165, 1.54) is 24.4 Å². The van der Waals surface area contributed by atoms with Crippen LogP contribution >= 0.6 is 0 Å². The van der Waals surface area contributed by atoms with Gasteiger partial charge in [-0.25, -0.2) is 26.4 Å². The third-order valence-corrected chi connectivity index (χ3v) is 6.53. The van der Waals surface area contributed by atoms with Crippen molar-refractivity contribution in [3.05, 3.63) is 35.8 Å². The number of nitrogens with zero attached hydrogens (tertiary/aromatic N) is 2. The normalized spacial score (nSPS) is 22.8. The van der Waals surface area contributed by atoms with Crippen molar-refractivity contribution in [2.24, 2.45) is 0 Å². The van der Waals surface area contributed by atoms with Crippen LogP contribution in [0.5, 0.6) is 0 Å². The molecule has 32 heavy (non-hydrogen) atoms. The van der Waals surface area contributed by atoms with E-state index in [4.69, 9.17) is 14.6 Å². The van der Waals surface area contributed by atoms with Crippen molar-refractivity contribution in [2.75, 3.05) is 25.9 Å². The molecule has 3 aliphatic heterocycles. The van der Waals surface area contributed by atoms with Gasteiger partial charge in [0.25, 0.3) is 0 Å². The minimum atomic E-state index is -5.08. The van der Waals surface area contributed by atoms with Gasteiger partial charge in [-0.05, 0) is 18.2 Å². The number of alkyl halides is 3. The zero-order valence-corrected chi connectivity index (χ0v) is 17.7. The molecule has 0 aliphatic carbocycles. The molecule has 0 radical (unpaired) electrons. The number of hydrogen-bond acceptors (Lipinski definition) is 6. The number of halogens is 4. The Morgan fingerprint density at radius 3 is 2.12 bits per heavy atom. The predicted octanol–water partition coefficient (Wildman–Crippen LogP) is 2.62. The quantitative estimate of drug-likeness (QED) is 0.532. The fourth-order valence-corrected chi connectivity index (χ4v) is 4.62. The maximum atomic E-state index is 13.7. The number of aromatic nitrogens is 1. The standard InChI is InChI=1S/C17H19FN2O4S.C2HF3O2/c1-25(22,23)20-11-14(13-10-12(18)2-3-15(13)20)16(21)24-17-4-7-19(8-5-17)9-6-17;3-2(4,5)1(6)7/h2-3,10-11H,4-9H2,1H3;(H,6,7). The van der Waals surface area contributed by atoms with Crippen molar-refractivity contribution < 1.29 is 45.4 Å². The van der Waals surface area contributed by atoms with Crippen LogP contribution in [0.15, 0.2) is 24.4 Å². The van der Waals surface area contributed by atoms with Crippen LogP contribution in [0.1, 0.15) is 29.6 Å². The van der Waals surface area contributed by atoms with Gasteiger partial charge in [0.05, 0.1) is 17.3 Å². The number of carbonyl (C=O) groups excluding carboxylic acids is 1. The Balaban J connectivity index is 0.000000360. The van der Waals surface area contributed by atoms with E-state index < -0.39 is 39.6 Å². The smallest absolute Gasteiger partial charge is 0.475 e. The van der Waals surface area contributed by atoms with Gasteiger partial charge < -0.3 is 14.7 Å². The van der Waals surface area contributed by atoms with Crippen molar-refractivity contribution in [1.82, 2.24) is 8.87 Å². The molecule has 4 heterocycles. The average molecular weight is 480 g/mol. The van der Waals surface area contributed by atoms with Crippen LogP contribution in [-0.4, -0.2) is 72.0 Å². The first-order chi connectivity index (χ1) is 14.7. The Morgan fingerprint density at radius 1 is 1.12 bits per heavy atom. The number of carboxylic acids is 1. The molecule has 8 nitrogen and oxygen atoms in total. The van der Waals surface area contributed by atoms with E-state index in [1.807, 2.05) is 0 Å². The maximum absolute atomic E-state index is 13.7. The summed E-state index contributed by atoms with van der Waals surface area (Å²) in [5, 5.41) is 7.38. The Morgan fingerprint density at radius 2 is 1.66 bits per heavy atom. The number of piperidine rings is 3. The van der Waals surface area contributed by atoms with Gasteiger partial charge in [0.2, 0.25) is 10.0 Å². The summed E-state index contributed by atoms with van der Waals surface area (Å²) in [6.45, 7) is 2.69. The number of carboxylic acid groups (broad SMARTS) is 1. The van der Waals surface area contributed by atoms with Gasteiger partial charge in [-0.15, -0.1) is 0 Å². The molecule has 1 aromatic carbocycles. The molecule has 2 bridgehead atoms. The SMILES string of the molecule is CS(=O)(=O)n1cc(C(=O)OC23CCN(CC2)CC3)c2cc(F)ccc21.O=C(O)C(F)(F)F. The van der Waals surface area contributed by atoms with Crippen LogP contribution in [0, 0.1) is 5.82 Å². The fourth-order valence-electron chi connectivity index (χ4n) is 3.81. The number of carbonyl (C=O) groups is 2. The van der Waals surface area contributed by atoms with Crippen molar-refractivity contribution >= 4 is 32.9 Å². The minimum absolute atomic E-state index is 0.0855. The summed E-state index contributed by atoms with van der Waals surface area (Å²) in [6, 6.07) is 3.71. The van der Waals surface area contributed by atoms with Crippen LogP contribution in [0.2, 0.25) is 0 Å². The monoisotopic (exact) mass is 480 g/mol. The van der Waals surface area contributed by atoms with Crippen molar-refractivity contribution in [2.45, 2.75) is 31.0 Å². The highest BCUT2D eigenvalue weighted by molar-refractivity contribution is 7.89. The number of aliphatic carboxylic acids is 1. The van der Waals surface area contributed by atoms with E-state index >= 15 is 0 Å². The van der Waals surface area contributed by atoms with Gasteiger partial charge in [-0.2, -0.15) is 13.2 Å². The summed E-state index contributed by atoms with van der Waals surface area (Å²) in [5.41, 5.74) is -0.132. The van der Waals surface area contributed by atoms with E-state index in [1.54, 1.807) is 0 Å². The lowest BCUT2D eigenvalue weighted by molar-refractivity contribution is -0.192.